The number of nitrogens with zero attached hydrogens (tertiary/aromatic N) is 2. The molecule has 122 valence electrons. The van der Waals surface area contributed by atoms with Gasteiger partial charge in [0.1, 0.15) is 5.75 Å². The summed E-state index contributed by atoms with van der Waals surface area (Å²) in [6, 6.07) is 8.02. The van der Waals surface area contributed by atoms with Crippen molar-refractivity contribution in [1.82, 2.24) is 9.88 Å². The Labute approximate surface area is 141 Å². The summed E-state index contributed by atoms with van der Waals surface area (Å²) in [4.78, 5) is 20.2. The van der Waals surface area contributed by atoms with Crippen LogP contribution < -0.4 is 4.74 Å². The maximum absolute atomic E-state index is 12.8. The molecule has 23 heavy (non-hydrogen) atoms. The minimum atomic E-state index is 0.00575. The molecule has 3 rings (SSSR count). The Balaban J connectivity index is 1.62. The van der Waals surface area contributed by atoms with Crippen molar-refractivity contribution in [3.63, 3.8) is 0 Å². The largest absolute Gasteiger partial charge is 0.493 e. The number of ether oxygens (including phenoxy) is 1. The van der Waals surface area contributed by atoms with Crippen LogP contribution in [0.1, 0.15) is 22.6 Å². The Morgan fingerprint density at radius 2 is 2.26 bits per heavy atom. The molecule has 0 saturated heterocycles. The molecule has 4 nitrogen and oxygen atoms in total. The molecule has 0 saturated carbocycles. The first-order valence-corrected chi connectivity index (χ1v) is 8.87. The maximum Gasteiger partial charge on any atom is 0.225 e. The van der Waals surface area contributed by atoms with Crippen LogP contribution in [0.2, 0.25) is 0 Å². The molecule has 1 aromatic carbocycles. The molecule has 2 aromatic rings. The van der Waals surface area contributed by atoms with Crippen molar-refractivity contribution in [2.24, 2.45) is 5.92 Å². The normalized spacial score (nSPS) is 17.0. The Morgan fingerprint density at radius 3 is 3.04 bits per heavy atom. The van der Waals surface area contributed by atoms with Gasteiger partial charge in [-0.05, 0) is 31.4 Å². The van der Waals surface area contributed by atoms with E-state index in [0.717, 1.165) is 42.8 Å². The SMILES string of the molecule is Cc1ncsc1CCN(C)C(=O)C1CCOc2ccccc2C1. The standard InChI is InChI=1S/C18H22N2O2S/c1-13-17(23-12-19-13)7-9-20(2)18(21)15-8-10-22-16-6-4-3-5-14(16)11-15/h3-6,12,15H,7-11H2,1-2H3. The molecule has 0 N–H and O–H groups in total. The maximum atomic E-state index is 12.8. The van der Waals surface area contributed by atoms with Gasteiger partial charge in [0.05, 0.1) is 17.8 Å². The first kappa shape index (κ1) is 16.0. The van der Waals surface area contributed by atoms with Crippen molar-refractivity contribution in [2.45, 2.75) is 26.2 Å². The van der Waals surface area contributed by atoms with Crippen LogP contribution in [0.25, 0.3) is 0 Å². The highest BCUT2D eigenvalue weighted by Crippen LogP contribution is 2.27. The zero-order valence-electron chi connectivity index (χ0n) is 13.6. The Kier molecular flexibility index (Phi) is 4.96. The van der Waals surface area contributed by atoms with E-state index in [-0.39, 0.29) is 11.8 Å². The van der Waals surface area contributed by atoms with E-state index in [2.05, 4.69) is 11.1 Å². The van der Waals surface area contributed by atoms with Crippen LogP contribution in [-0.4, -0.2) is 36.0 Å². The number of aromatic nitrogens is 1. The van der Waals surface area contributed by atoms with Crippen molar-refractivity contribution >= 4 is 17.2 Å². The number of amides is 1. The number of rotatable bonds is 4. The van der Waals surface area contributed by atoms with Gasteiger partial charge in [0.2, 0.25) is 5.91 Å². The average Bonchev–Trinajstić information content (AvgIpc) is 2.84. The van der Waals surface area contributed by atoms with Gasteiger partial charge >= 0.3 is 0 Å². The molecule has 2 heterocycles. The molecule has 1 aromatic heterocycles. The summed E-state index contributed by atoms with van der Waals surface area (Å²) in [6.45, 7) is 3.36. The lowest BCUT2D eigenvalue weighted by molar-refractivity contribution is -0.134. The fraction of sp³-hybridized carbons (Fsp3) is 0.444. The highest BCUT2D eigenvalue weighted by molar-refractivity contribution is 7.09. The lowest BCUT2D eigenvalue weighted by Gasteiger charge is -2.22. The first-order chi connectivity index (χ1) is 11.1. The summed E-state index contributed by atoms with van der Waals surface area (Å²) in [5.41, 5.74) is 4.08. The lowest BCUT2D eigenvalue weighted by Crippen LogP contribution is -2.35. The molecule has 0 aliphatic carbocycles. The van der Waals surface area contributed by atoms with Gasteiger partial charge in [-0.3, -0.25) is 4.79 Å². The number of carbonyl (C=O) groups excluding carboxylic acids is 1. The van der Waals surface area contributed by atoms with Gasteiger partial charge < -0.3 is 9.64 Å². The van der Waals surface area contributed by atoms with E-state index in [9.17, 15) is 4.79 Å². The van der Waals surface area contributed by atoms with Crippen molar-refractivity contribution in [1.29, 1.82) is 0 Å². The fourth-order valence-corrected chi connectivity index (χ4v) is 3.73. The number of aryl methyl sites for hydroxylation is 1. The van der Waals surface area contributed by atoms with Gasteiger partial charge in [-0.1, -0.05) is 18.2 Å². The lowest BCUT2D eigenvalue weighted by atomic mass is 9.95. The summed E-state index contributed by atoms with van der Waals surface area (Å²) < 4.78 is 5.77. The second kappa shape index (κ2) is 7.13. The van der Waals surface area contributed by atoms with E-state index in [4.69, 9.17) is 4.74 Å². The van der Waals surface area contributed by atoms with E-state index in [0.29, 0.717) is 6.61 Å². The number of thiazole rings is 1. The second-order valence-corrected chi connectivity index (χ2v) is 6.96. The molecule has 0 radical (unpaired) electrons. The minimum Gasteiger partial charge on any atom is -0.493 e. The van der Waals surface area contributed by atoms with Crippen LogP contribution in [0.15, 0.2) is 29.8 Å². The third kappa shape index (κ3) is 3.72. The first-order valence-electron chi connectivity index (χ1n) is 8.00. The zero-order valence-corrected chi connectivity index (χ0v) is 14.4. The molecule has 5 heteroatoms. The van der Waals surface area contributed by atoms with Crippen LogP contribution in [-0.2, 0) is 17.6 Å². The van der Waals surface area contributed by atoms with Gasteiger partial charge in [-0.15, -0.1) is 11.3 Å². The second-order valence-electron chi connectivity index (χ2n) is 6.02. The number of benzene rings is 1. The summed E-state index contributed by atoms with van der Waals surface area (Å²) in [5, 5.41) is 0. The molecule has 0 fully saturated rings. The fourth-order valence-electron chi connectivity index (χ4n) is 2.96. The highest BCUT2D eigenvalue weighted by Gasteiger charge is 2.26. The topological polar surface area (TPSA) is 42.4 Å². The molecule has 1 atom stereocenters. The van der Waals surface area contributed by atoms with Crippen LogP contribution >= 0.6 is 11.3 Å². The zero-order chi connectivity index (χ0) is 16.2. The number of fused-ring (bicyclic) bond motifs is 1. The van der Waals surface area contributed by atoms with E-state index in [1.54, 1.807) is 11.3 Å². The van der Waals surface area contributed by atoms with Crippen LogP contribution in [0.3, 0.4) is 0 Å². The number of hydrogen-bond acceptors (Lipinski definition) is 4. The van der Waals surface area contributed by atoms with E-state index >= 15 is 0 Å². The molecule has 0 bridgehead atoms. The number of carbonyl (C=O) groups is 1. The van der Waals surface area contributed by atoms with Gasteiger partial charge in [-0.25, -0.2) is 4.98 Å². The third-order valence-corrected chi connectivity index (χ3v) is 5.40. The van der Waals surface area contributed by atoms with Crippen molar-refractivity contribution in [3.8, 4) is 5.75 Å². The van der Waals surface area contributed by atoms with E-state index < -0.39 is 0 Å². The number of likely N-dealkylation sites (N-methyl/N-ethyl adjacent to an activating group) is 1. The molecule has 1 aliphatic rings. The van der Waals surface area contributed by atoms with Crippen LogP contribution in [0.4, 0.5) is 0 Å². The molecule has 1 unspecified atom stereocenters. The summed E-state index contributed by atoms with van der Waals surface area (Å²) in [5.74, 6) is 1.14. The molecular weight excluding hydrogens is 308 g/mol. The van der Waals surface area contributed by atoms with Crippen LogP contribution in [0, 0.1) is 12.8 Å². The average molecular weight is 330 g/mol. The van der Waals surface area contributed by atoms with E-state index in [1.165, 1.54) is 4.88 Å². The van der Waals surface area contributed by atoms with E-state index in [1.807, 2.05) is 42.6 Å². The van der Waals surface area contributed by atoms with Crippen molar-refractivity contribution in [2.75, 3.05) is 20.2 Å². The Morgan fingerprint density at radius 1 is 1.43 bits per heavy atom. The minimum absolute atomic E-state index is 0.00575. The Bertz CT molecular complexity index is 683. The monoisotopic (exact) mass is 330 g/mol. The van der Waals surface area contributed by atoms with Crippen LogP contribution in [0.5, 0.6) is 5.75 Å². The van der Waals surface area contributed by atoms with Gasteiger partial charge in [0.25, 0.3) is 0 Å². The summed E-state index contributed by atoms with van der Waals surface area (Å²) >= 11 is 1.66. The summed E-state index contributed by atoms with van der Waals surface area (Å²) in [6.07, 6.45) is 2.41. The quantitative estimate of drug-likeness (QED) is 0.865. The van der Waals surface area contributed by atoms with Gasteiger partial charge in [-0.2, -0.15) is 0 Å². The molecule has 0 spiro atoms. The van der Waals surface area contributed by atoms with Crippen molar-refractivity contribution < 1.29 is 9.53 Å². The highest BCUT2D eigenvalue weighted by atomic mass is 32.1. The predicted octanol–water partition coefficient (Wildman–Crippen LogP) is 3.09. The number of para-hydroxylation sites is 1. The van der Waals surface area contributed by atoms with Gasteiger partial charge in [0.15, 0.2) is 0 Å². The Hall–Kier alpha value is -1.88. The summed E-state index contributed by atoms with van der Waals surface area (Å²) in [7, 11) is 1.90. The molecule has 1 aliphatic heterocycles. The van der Waals surface area contributed by atoms with Crippen molar-refractivity contribution in [3.05, 3.63) is 45.9 Å². The predicted molar refractivity (Wildman–Crippen MR) is 91.9 cm³/mol. The molecule has 1 amide bonds. The number of hydrogen-bond donors (Lipinski definition) is 0. The third-order valence-electron chi connectivity index (χ3n) is 4.41. The van der Waals surface area contributed by atoms with Gasteiger partial charge in [0, 0.05) is 30.8 Å². The smallest absolute Gasteiger partial charge is 0.225 e. The molecular formula is C18H22N2O2S.